The van der Waals surface area contributed by atoms with Crippen LogP contribution in [0, 0.1) is 17.3 Å². The largest absolute Gasteiger partial charge is 0.341 e. The van der Waals surface area contributed by atoms with E-state index in [4.69, 9.17) is 0 Å². The van der Waals surface area contributed by atoms with Gasteiger partial charge in [0.2, 0.25) is 5.91 Å². The van der Waals surface area contributed by atoms with Crippen LogP contribution in [0.2, 0.25) is 0 Å². The van der Waals surface area contributed by atoms with Gasteiger partial charge in [0.1, 0.15) is 0 Å². The molecule has 1 heterocycles. The van der Waals surface area contributed by atoms with E-state index in [0.29, 0.717) is 11.8 Å². The Balaban J connectivity index is 2.03. The molecule has 4 unspecified atom stereocenters. The SMILES string of the molecule is CC(N(C)C(=O)C1NCC2CCCC21)C(C)(C)C. The maximum absolute atomic E-state index is 12.6. The predicted molar refractivity (Wildman–Crippen MR) is 74.3 cm³/mol. The van der Waals surface area contributed by atoms with Crippen molar-refractivity contribution in [3.8, 4) is 0 Å². The molecule has 0 aromatic heterocycles. The van der Waals surface area contributed by atoms with Gasteiger partial charge in [-0.25, -0.2) is 0 Å². The number of nitrogens with zero attached hydrogens (tertiary/aromatic N) is 1. The standard InChI is InChI=1S/C15H28N2O/c1-10(15(2,3)4)17(5)14(18)13-12-8-6-7-11(12)9-16-13/h10-13,16H,6-9H2,1-5H3. The highest BCUT2D eigenvalue weighted by atomic mass is 16.2. The van der Waals surface area contributed by atoms with Crippen LogP contribution in [0.25, 0.3) is 0 Å². The first kappa shape index (κ1) is 13.9. The fourth-order valence-electron chi connectivity index (χ4n) is 3.45. The molecule has 3 heteroatoms. The van der Waals surface area contributed by atoms with Crippen molar-refractivity contribution in [3.05, 3.63) is 0 Å². The summed E-state index contributed by atoms with van der Waals surface area (Å²) < 4.78 is 0. The van der Waals surface area contributed by atoms with Crippen LogP contribution in [0.3, 0.4) is 0 Å². The van der Waals surface area contributed by atoms with E-state index < -0.39 is 0 Å². The summed E-state index contributed by atoms with van der Waals surface area (Å²) in [5, 5.41) is 3.45. The Morgan fingerprint density at radius 2 is 2.00 bits per heavy atom. The van der Waals surface area contributed by atoms with E-state index in [0.717, 1.165) is 12.5 Å². The van der Waals surface area contributed by atoms with Crippen LogP contribution in [-0.4, -0.2) is 36.5 Å². The molecule has 1 aliphatic carbocycles. The molecular weight excluding hydrogens is 224 g/mol. The number of fused-ring (bicyclic) bond motifs is 1. The summed E-state index contributed by atoms with van der Waals surface area (Å²) in [6.07, 6.45) is 3.84. The normalized spacial score (nSPS) is 33.3. The summed E-state index contributed by atoms with van der Waals surface area (Å²) in [4.78, 5) is 14.6. The first-order chi connectivity index (χ1) is 8.32. The van der Waals surface area contributed by atoms with Crippen molar-refractivity contribution >= 4 is 5.91 Å². The third-order valence-corrected chi connectivity index (χ3v) is 5.19. The van der Waals surface area contributed by atoms with E-state index in [2.05, 4.69) is 33.0 Å². The maximum Gasteiger partial charge on any atom is 0.240 e. The monoisotopic (exact) mass is 252 g/mol. The number of rotatable bonds is 2. The summed E-state index contributed by atoms with van der Waals surface area (Å²) in [7, 11) is 1.96. The molecule has 2 rings (SSSR count). The molecule has 1 aliphatic heterocycles. The summed E-state index contributed by atoms with van der Waals surface area (Å²) in [5.74, 6) is 1.64. The van der Waals surface area contributed by atoms with Crippen molar-refractivity contribution in [3.63, 3.8) is 0 Å². The Kier molecular flexibility index (Phi) is 3.72. The van der Waals surface area contributed by atoms with Gasteiger partial charge < -0.3 is 10.2 Å². The van der Waals surface area contributed by atoms with E-state index >= 15 is 0 Å². The second-order valence-corrected chi connectivity index (χ2v) is 7.23. The molecule has 0 spiro atoms. The number of amides is 1. The minimum absolute atomic E-state index is 0.0762. The lowest BCUT2D eigenvalue weighted by atomic mass is 9.86. The molecule has 0 radical (unpaired) electrons. The first-order valence-corrected chi connectivity index (χ1v) is 7.32. The van der Waals surface area contributed by atoms with Crippen molar-refractivity contribution in [2.24, 2.45) is 17.3 Å². The second-order valence-electron chi connectivity index (χ2n) is 7.23. The lowest BCUT2D eigenvalue weighted by molar-refractivity contribution is -0.136. The number of hydrogen-bond acceptors (Lipinski definition) is 2. The smallest absolute Gasteiger partial charge is 0.240 e. The minimum atomic E-state index is 0.0762. The summed E-state index contributed by atoms with van der Waals surface area (Å²) in [6, 6.07) is 0.347. The second kappa shape index (κ2) is 4.84. The van der Waals surface area contributed by atoms with E-state index in [-0.39, 0.29) is 17.5 Å². The van der Waals surface area contributed by atoms with Gasteiger partial charge in [-0.05, 0) is 43.6 Å². The average Bonchev–Trinajstić information content (AvgIpc) is 2.86. The molecular formula is C15H28N2O. The quantitative estimate of drug-likeness (QED) is 0.817. The highest BCUT2D eigenvalue weighted by Crippen LogP contribution is 2.38. The van der Waals surface area contributed by atoms with Crippen molar-refractivity contribution in [2.45, 2.75) is 59.0 Å². The number of nitrogens with one attached hydrogen (secondary N) is 1. The fourth-order valence-corrected chi connectivity index (χ4v) is 3.45. The Labute approximate surface area is 111 Å². The van der Waals surface area contributed by atoms with Gasteiger partial charge in [0.05, 0.1) is 6.04 Å². The highest BCUT2D eigenvalue weighted by molar-refractivity contribution is 5.82. The third kappa shape index (κ3) is 2.42. The van der Waals surface area contributed by atoms with Gasteiger partial charge in [0.15, 0.2) is 0 Å². The molecule has 2 aliphatic rings. The molecule has 0 bridgehead atoms. The molecule has 2 fully saturated rings. The minimum Gasteiger partial charge on any atom is -0.341 e. The van der Waals surface area contributed by atoms with E-state index in [1.807, 2.05) is 11.9 Å². The van der Waals surface area contributed by atoms with Crippen molar-refractivity contribution in [1.29, 1.82) is 0 Å². The molecule has 4 atom stereocenters. The zero-order chi connectivity index (χ0) is 13.5. The topological polar surface area (TPSA) is 32.3 Å². The molecule has 3 nitrogen and oxygen atoms in total. The Morgan fingerprint density at radius 1 is 1.33 bits per heavy atom. The van der Waals surface area contributed by atoms with Crippen LogP contribution in [0.5, 0.6) is 0 Å². The van der Waals surface area contributed by atoms with Gasteiger partial charge >= 0.3 is 0 Å². The molecule has 0 aromatic carbocycles. The van der Waals surface area contributed by atoms with E-state index in [1.54, 1.807) is 0 Å². The number of carbonyl (C=O) groups excluding carboxylic acids is 1. The third-order valence-electron chi connectivity index (χ3n) is 5.19. The lowest BCUT2D eigenvalue weighted by Crippen LogP contribution is -2.51. The van der Waals surface area contributed by atoms with Gasteiger partial charge in [-0.15, -0.1) is 0 Å². The van der Waals surface area contributed by atoms with Crippen LogP contribution in [0.4, 0.5) is 0 Å². The van der Waals surface area contributed by atoms with Gasteiger partial charge in [0.25, 0.3) is 0 Å². The van der Waals surface area contributed by atoms with Gasteiger partial charge in [-0.1, -0.05) is 27.2 Å². The van der Waals surface area contributed by atoms with Crippen LogP contribution in [0.1, 0.15) is 47.0 Å². The average molecular weight is 252 g/mol. The number of hydrogen-bond donors (Lipinski definition) is 1. The number of likely N-dealkylation sites (N-methyl/N-ethyl adjacent to an activating group) is 1. The van der Waals surface area contributed by atoms with Crippen molar-refractivity contribution in [1.82, 2.24) is 10.2 Å². The van der Waals surface area contributed by atoms with E-state index in [9.17, 15) is 4.79 Å². The Morgan fingerprint density at radius 3 is 2.61 bits per heavy atom. The number of carbonyl (C=O) groups is 1. The summed E-state index contributed by atoms with van der Waals surface area (Å²) in [6.45, 7) is 9.78. The first-order valence-electron chi connectivity index (χ1n) is 7.32. The molecule has 1 saturated carbocycles. The van der Waals surface area contributed by atoms with Crippen molar-refractivity contribution in [2.75, 3.05) is 13.6 Å². The molecule has 0 aromatic rings. The Hall–Kier alpha value is -0.570. The molecule has 1 N–H and O–H groups in total. The zero-order valence-corrected chi connectivity index (χ0v) is 12.5. The molecule has 1 saturated heterocycles. The summed E-state index contributed by atoms with van der Waals surface area (Å²) in [5.41, 5.74) is 0.137. The molecule has 18 heavy (non-hydrogen) atoms. The van der Waals surface area contributed by atoms with Crippen molar-refractivity contribution < 1.29 is 4.79 Å². The Bertz CT molecular complexity index is 321. The summed E-state index contributed by atoms with van der Waals surface area (Å²) >= 11 is 0. The van der Waals surface area contributed by atoms with Gasteiger partial charge in [0, 0.05) is 13.1 Å². The van der Waals surface area contributed by atoms with Crippen LogP contribution < -0.4 is 5.32 Å². The zero-order valence-electron chi connectivity index (χ0n) is 12.5. The van der Waals surface area contributed by atoms with Gasteiger partial charge in [-0.2, -0.15) is 0 Å². The molecule has 1 amide bonds. The van der Waals surface area contributed by atoms with Crippen LogP contribution in [0.15, 0.2) is 0 Å². The maximum atomic E-state index is 12.6. The van der Waals surface area contributed by atoms with E-state index in [1.165, 1.54) is 19.3 Å². The fraction of sp³-hybridized carbons (Fsp3) is 0.933. The van der Waals surface area contributed by atoms with Crippen LogP contribution >= 0.6 is 0 Å². The van der Waals surface area contributed by atoms with Crippen LogP contribution in [-0.2, 0) is 4.79 Å². The lowest BCUT2D eigenvalue weighted by Gasteiger charge is -2.37. The molecule has 104 valence electrons. The highest BCUT2D eigenvalue weighted by Gasteiger charge is 2.44. The predicted octanol–water partition coefficient (Wildman–Crippen LogP) is 2.27. The van der Waals surface area contributed by atoms with Gasteiger partial charge in [-0.3, -0.25) is 4.79 Å².